The van der Waals surface area contributed by atoms with Crippen LogP contribution in [0.3, 0.4) is 0 Å². The minimum atomic E-state index is -1.72. The molecule has 2 aliphatic heterocycles. The molecular weight excluding hydrogens is 498 g/mol. The number of nitrogens with two attached hydrogens (primary N) is 1. The fourth-order valence-corrected chi connectivity index (χ4v) is 6.34. The number of ether oxygens (including phenoxy) is 1. The number of carboxylic acid groups (broad SMARTS) is 2. The number of hydrogen-bond acceptors (Lipinski definition) is 12. The first kappa shape index (κ1) is 25.3. The molecule has 33 heavy (non-hydrogen) atoms. The van der Waals surface area contributed by atoms with E-state index in [1.54, 1.807) is 7.05 Å². The van der Waals surface area contributed by atoms with E-state index in [4.69, 9.17) is 15.6 Å². The predicted molar refractivity (Wildman–Crippen MR) is 118 cm³/mol. The van der Waals surface area contributed by atoms with Gasteiger partial charge in [0.1, 0.15) is 17.1 Å². The van der Waals surface area contributed by atoms with Gasteiger partial charge < -0.3 is 26.0 Å². The number of β-lactam (4-membered cyclic amide) rings is 1. The molecule has 3 heterocycles. The molecule has 1 aromatic rings. The Balaban J connectivity index is 1.70. The van der Waals surface area contributed by atoms with Crippen molar-refractivity contribution in [2.24, 2.45) is 12.8 Å². The Kier molecular flexibility index (Phi) is 7.88. The number of amides is 2. The number of rotatable bonds is 11. The van der Waals surface area contributed by atoms with E-state index < -0.39 is 40.9 Å². The number of nitrogens with one attached hydrogen (secondary N) is 1. The van der Waals surface area contributed by atoms with Crippen molar-refractivity contribution in [3.05, 3.63) is 11.3 Å². The minimum Gasteiger partial charge on any atom is -0.480 e. The number of aromatic nitrogens is 4. The lowest BCUT2D eigenvalue weighted by Crippen LogP contribution is -2.80. The van der Waals surface area contributed by atoms with Gasteiger partial charge in [0.15, 0.2) is 0 Å². The smallest absolute Gasteiger partial charge is 0.352 e. The van der Waals surface area contributed by atoms with Gasteiger partial charge in [0, 0.05) is 31.4 Å². The van der Waals surface area contributed by atoms with Crippen molar-refractivity contribution in [3.8, 4) is 0 Å². The molecule has 1 aromatic heterocycles. The molecule has 180 valence electrons. The Morgan fingerprint density at radius 2 is 2.15 bits per heavy atom. The van der Waals surface area contributed by atoms with Crippen LogP contribution in [-0.4, -0.2) is 106 Å². The van der Waals surface area contributed by atoms with Crippen molar-refractivity contribution in [2.75, 3.05) is 30.1 Å². The molecule has 5 N–H and O–H groups in total. The summed E-state index contributed by atoms with van der Waals surface area (Å²) in [6.45, 7) is 0. The maximum absolute atomic E-state index is 13.0. The summed E-state index contributed by atoms with van der Waals surface area (Å²) in [6, 6.07) is -1.12. The SMILES string of the molecule is COC1(NC(=O)CSCC(N)C(=O)O)C(=O)N2C(C(=O)O)=C(CSc3nnnn3C)CS[C@@H]21. The molecule has 1 saturated heterocycles. The first-order chi connectivity index (χ1) is 15.6. The third kappa shape index (κ3) is 4.96. The quantitative estimate of drug-likeness (QED) is 0.144. The van der Waals surface area contributed by atoms with E-state index >= 15 is 0 Å². The average Bonchev–Trinajstić information content (AvgIpc) is 3.19. The number of carbonyl (C=O) groups is 4. The van der Waals surface area contributed by atoms with E-state index in [1.807, 2.05) is 0 Å². The van der Waals surface area contributed by atoms with E-state index in [2.05, 4.69) is 20.8 Å². The molecule has 3 atom stereocenters. The van der Waals surface area contributed by atoms with Crippen molar-refractivity contribution in [1.82, 2.24) is 30.4 Å². The molecule has 2 amide bonds. The van der Waals surface area contributed by atoms with Crippen molar-refractivity contribution >= 4 is 59.0 Å². The van der Waals surface area contributed by atoms with Gasteiger partial charge in [-0.15, -0.1) is 28.6 Å². The number of hydrogen-bond donors (Lipinski definition) is 4. The van der Waals surface area contributed by atoms with Crippen LogP contribution in [0.2, 0.25) is 0 Å². The highest BCUT2D eigenvalue weighted by Gasteiger charge is 2.66. The van der Waals surface area contributed by atoms with Gasteiger partial charge in [0.2, 0.25) is 11.1 Å². The molecule has 14 nitrogen and oxygen atoms in total. The Bertz CT molecular complexity index is 1000. The van der Waals surface area contributed by atoms with E-state index in [1.165, 1.54) is 35.3 Å². The fourth-order valence-electron chi connectivity index (χ4n) is 3.14. The molecule has 2 aliphatic rings. The van der Waals surface area contributed by atoms with Gasteiger partial charge in [-0.3, -0.25) is 19.3 Å². The zero-order valence-corrected chi connectivity index (χ0v) is 19.9. The van der Waals surface area contributed by atoms with Crippen LogP contribution >= 0.6 is 35.3 Å². The van der Waals surface area contributed by atoms with Crippen molar-refractivity contribution in [3.63, 3.8) is 0 Å². The lowest BCUT2D eigenvalue weighted by atomic mass is 9.98. The van der Waals surface area contributed by atoms with Gasteiger partial charge in [0.25, 0.3) is 11.6 Å². The number of aryl methyl sites for hydroxylation is 1. The number of tetrazole rings is 1. The molecule has 0 saturated carbocycles. The molecule has 17 heteroatoms. The second-order valence-electron chi connectivity index (χ2n) is 6.92. The zero-order chi connectivity index (χ0) is 24.3. The van der Waals surface area contributed by atoms with Crippen molar-refractivity contribution in [1.29, 1.82) is 0 Å². The molecule has 0 spiro atoms. The number of nitrogens with zero attached hydrogens (tertiary/aromatic N) is 5. The minimum absolute atomic E-state index is 0.00888. The number of aliphatic carboxylic acids is 2. The zero-order valence-electron chi connectivity index (χ0n) is 17.5. The molecule has 2 unspecified atom stereocenters. The normalized spacial score (nSPS) is 23.1. The third-order valence-corrected chi connectivity index (χ3v) is 8.30. The maximum Gasteiger partial charge on any atom is 0.352 e. The second-order valence-corrected chi connectivity index (χ2v) is 9.96. The van der Waals surface area contributed by atoms with E-state index in [0.717, 1.165) is 16.7 Å². The highest BCUT2D eigenvalue weighted by Crippen LogP contribution is 2.47. The van der Waals surface area contributed by atoms with Crippen LogP contribution in [0.15, 0.2) is 16.4 Å². The summed E-state index contributed by atoms with van der Waals surface area (Å²) in [5, 5.41) is 31.9. The number of carboxylic acids is 2. The molecule has 0 bridgehead atoms. The molecule has 0 aromatic carbocycles. The summed E-state index contributed by atoms with van der Waals surface area (Å²) in [5.74, 6) is -3.32. The first-order valence-electron chi connectivity index (χ1n) is 9.30. The summed E-state index contributed by atoms with van der Waals surface area (Å²) in [6.07, 6.45) is 0. The van der Waals surface area contributed by atoms with Crippen molar-refractivity contribution < 1.29 is 34.1 Å². The van der Waals surface area contributed by atoms with E-state index in [-0.39, 0.29) is 28.7 Å². The van der Waals surface area contributed by atoms with Crippen LogP contribution in [0.5, 0.6) is 0 Å². The first-order valence-corrected chi connectivity index (χ1v) is 12.5. The van der Waals surface area contributed by atoms with Gasteiger partial charge in [-0.05, 0) is 16.0 Å². The molecule has 1 fully saturated rings. The van der Waals surface area contributed by atoms with Crippen LogP contribution in [0.4, 0.5) is 0 Å². The fraction of sp³-hybridized carbons (Fsp3) is 0.562. The molecule has 0 radical (unpaired) electrons. The summed E-state index contributed by atoms with van der Waals surface area (Å²) < 4.78 is 6.82. The highest BCUT2D eigenvalue weighted by atomic mass is 32.2. The van der Waals surface area contributed by atoms with Crippen LogP contribution in [0.1, 0.15) is 0 Å². The summed E-state index contributed by atoms with van der Waals surface area (Å²) in [5.41, 5.74) is 4.05. The number of methoxy groups -OCH3 is 1. The van der Waals surface area contributed by atoms with Gasteiger partial charge in [-0.2, -0.15) is 0 Å². The van der Waals surface area contributed by atoms with E-state index in [0.29, 0.717) is 10.7 Å². The maximum atomic E-state index is 13.0. The van der Waals surface area contributed by atoms with Crippen LogP contribution in [0.25, 0.3) is 0 Å². The Morgan fingerprint density at radius 1 is 1.42 bits per heavy atom. The second kappa shape index (κ2) is 10.3. The molecular formula is C16H21N7O7S3. The summed E-state index contributed by atoms with van der Waals surface area (Å²) >= 11 is 3.50. The predicted octanol–water partition coefficient (Wildman–Crippen LogP) is -1.84. The largest absolute Gasteiger partial charge is 0.480 e. The van der Waals surface area contributed by atoms with Gasteiger partial charge in [-0.1, -0.05) is 11.8 Å². The molecule has 3 rings (SSSR count). The van der Waals surface area contributed by atoms with Gasteiger partial charge in [-0.25, -0.2) is 9.48 Å². The van der Waals surface area contributed by atoms with Crippen molar-refractivity contribution in [2.45, 2.75) is 22.3 Å². The van der Waals surface area contributed by atoms with Crippen LogP contribution < -0.4 is 11.1 Å². The van der Waals surface area contributed by atoms with Gasteiger partial charge in [0.05, 0.1) is 5.75 Å². The Morgan fingerprint density at radius 3 is 2.73 bits per heavy atom. The number of thioether (sulfide) groups is 3. The molecule has 0 aliphatic carbocycles. The summed E-state index contributed by atoms with van der Waals surface area (Å²) in [4.78, 5) is 49.3. The topological polar surface area (TPSA) is 203 Å². The number of fused-ring (bicyclic) bond motifs is 1. The Hall–Kier alpha value is -2.34. The Labute approximate surface area is 200 Å². The van der Waals surface area contributed by atoms with Gasteiger partial charge >= 0.3 is 11.9 Å². The summed E-state index contributed by atoms with van der Waals surface area (Å²) in [7, 11) is 2.91. The number of carbonyl (C=O) groups excluding carboxylic acids is 2. The van der Waals surface area contributed by atoms with Crippen LogP contribution in [0, 0.1) is 0 Å². The lowest BCUT2D eigenvalue weighted by molar-refractivity contribution is -0.192. The standard InChI is InChI=1S/C16H21N7O7S3/c1-22-15(19-20-21-22)33-4-7-3-32-14-16(30-2,13(29)23(14)10(7)12(27)28)18-9(24)6-31-5-8(17)11(25)26/h8,14H,3-6,17H2,1-2H3,(H,18,24)(H,25,26)(H,27,28)/t8?,14-,16?/m1/s1. The highest BCUT2D eigenvalue weighted by molar-refractivity contribution is 8.01. The third-order valence-electron chi connectivity index (χ3n) is 4.76. The van der Waals surface area contributed by atoms with E-state index in [9.17, 15) is 24.3 Å². The van der Waals surface area contributed by atoms with Crippen LogP contribution in [-0.2, 0) is 31.0 Å². The lowest BCUT2D eigenvalue weighted by Gasteiger charge is -2.55. The average molecular weight is 520 g/mol. The monoisotopic (exact) mass is 519 g/mol.